The van der Waals surface area contributed by atoms with Gasteiger partial charge in [-0.15, -0.1) is 0 Å². The van der Waals surface area contributed by atoms with E-state index in [1.54, 1.807) is 0 Å². The highest BCUT2D eigenvalue weighted by Gasteiger charge is 2.23. The molecule has 1 heterocycles. The van der Waals surface area contributed by atoms with E-state index in [1.165, 1.54) is 0 Å². The third-order valence-electron chi connectivity index (χ3n) is 4.27. The molecular weight excluding hydrogens is 317 g/mol. The average Bonchev–Trinajstić information content (AvgIpc) is 3.01. The Balaban J connectivity index is 1.77. The molecule has 0 bridgehead atoms. The molecule has 8 heteroatoms. The van der Waals surface area contributed by atoms with Gasteiger partial charge in [0.2, 0.25) is 0 Å². The predicted molar refractivity (Wildman–Crippen MR) is 86.3 cm³/mol. The number of hydrogen-bond donors (Lipinski definition) is 2. The van der Waals surface area contributed by atoms with Crippen LogP contribution in [0.15, 0.2) is 18.2 Å². The average molecular weight is 339 g/mol. The number of unbranched alkanes of at least 4 members (excludes halogenated alkanes) is 1. The van der Waals surface area contributed by atoms with E-state index in [1.807, 2.05) is 0 Å². The SMILES string of the molecule is O=C(NCCCCN1CCCC1CO)c1cc(F)ccc1[N+](=O)[O-]. The Bertz CT molecular complexity index is 597. The smallest absolute Gasteiger partial charge is 0.282 e. The maximum Gasteiger partial charge on any atom is 0.282 e. The van der Waals surface area contributed by atoms with Gasteiger partial charge < -0.3 is 10.4 Å². The third kappa shape index (κ3) is 4.72. The van der Waals surface area contributed by atoms with Crippen molar-refractivity contribution in [3.63, 3.8) is 0 Å². The maximum atomic E-state index is 13.2. The van der Waals surface area contributed by atoms with E-state index < -0.39 is 22.3 Å². The lowest BCUT2D eigenvalue weighted by Gasteiger charge is -2.22. The highest BCUT2D eigenvalue weighted by atomic mass is 19.1. The number of nitro groups is 1. The second-order valence-electron chi connectivity index (χ2n) is 5.90. The number of carbonyl (C=O) groups is 1. The van der Waals surface area contributed by atoms with Crippen LogP contribution in [0, 0.1) is 15.9 Å². The maximum absolute atomic E-state index is 13.2. The molecule has 0 aliphatic carbocycles. The molecule has 0 spiro atoms. The van der Waals surface area contributed by atoms with Crippen LogP contribution in [-0.4, -0.2) is 53.1 Å². The first-order chi connectivity index (χ1) is 11.5. The number of rotatable bonds is 8. The van der Waals surface area contributed by atoms with Crippen molar-refractivity contribution in [2.75, 3.05) is 26.2 Å². The zero-order chi connectivity index (χ0) is 17.5. The van der Waals surface area contributed by atoms with Gasteiger partial charge >= 0.3 is 0 Å². The van der Waals surface area contributed by atoms with Crippen LogP contribution in [0.5, 0.6) is 0 Å². The molecule has 132 valence electrons. The van der Waals surface area contributed by atoms with Gasteiger partial charge in [-0.1, -0.05) is 0 Å². The van der Waals surface area contributed by atoms with Crippen molar-refractivity contribution in [2.24, 2.45) is 0 Å². The summed E-state index contributed by atoms with van der Waals surface area (Å²) in [6.45, 7) is 2.36. The van der Waals surface area contributed by atoms with Crippen molar-refractivity contribution >= 4 is 11.6 Å². The molecule has 1 fully saturated rings. The molecule has 1 saturated heterocycles. The third-order valence-corrected chi connectivity index (χ3v) is 4.27. The lowest BCUT2D eigenvalue weighted by molar-refractivity contribution is -0.385. The van der Waals surface area contributed by atoms with Crippen molar-refractivity contribution in [1.29, 1.82) is 0 Å². The van der Waals surface area contributed by atoms with Crippen molar-refractivity contribution in [3.05, 3.63) is 39.7 Å². The van der Waals surface area contributed by atoms with E-state index in [0.717, 1.165) is 50.6 Å². The molecule has 0 saturated carbocycles. The molecular formula is C16H22FN3O4. The number of nitro benzene ring substituents is 1. The van der Waals surface area contributed by atoms with E-state index in [-0.39, 0.29) is 18.2 Å². The summed E-state index contributed by atoms with van der Waals surface area (Å²) in [4.78, 5) is 24.4. The minimum absolute atomic E-state index is 0.167. The van der Waals surface area contributed by atoms with Crippen molar-refractivity contribution < 1.29 is 19.2 Å². The highest BCUT2D eigenvalue weighted by Crippen LogP contribution is 2.19. The fourth-order valence-electron chi connectivity index (χ4n) is 2.98. The van der Waals surface area contributed by atoms with Crippen molar-refractivity contribution in [1.82, 2.24) is 10.2 Å². The van der Waals surface area contributed by atoms with E-state index in [4.69, 9.17) is 0 Å². The van der Waals surface area contributed by atoms with Crippen LogP contribution >= 0.6 is 0 Å². The number of halogens is 1. The summed E-state index contributed by atoms with van der Waals surface area (Å²) in [6, 6.07) is 3.06. The monoisotopic (exact) mass is 339 g/mol. The fraction of sp³-hybridized carbons (Fsp3) is 0.562. The predicted octanol–water partition coefficient (Wildman–Crippen LogP) is 1.70. The summed E-state index contributed by atoms with van der Waals surface area (Å²) in [5.74, 6) is -1.33. The number of amides is 1. The Morgan fingerprint density at radius 2 is 2.25 bits per heavy atom. The van der Waals surface area contributed by atoms with Crippen molar-refractivity contribution in [2.45, 2.75) is 31.7 Å². The standard InChI is InChI=1S/C16H22FN3O4/c17-12-5-6-15(20(23)24)14(10-12)16(22)18-7-1-2-8-19-9-3-4-13(19)11-21/h5-6,10,13,21H,1-4,7-9,11H2,(H,18,22). The van der Waals surface area contributed by atoms with Gasteiger partial charge in [0, 0.05) is 18.7 Å². The number of likely N-dealkylation sites (tertiary alicyclic amines) is 1. The molecule has 1 amide bonds. The van der Waals surface area contributed by atoms with Crippen LogP contribution in [0.1, 0.15) is 36.0 Å². The Morgan fingerprint density at radius 1 is 1.46 bits per heavy atom. The van der Waals surface area contributed by atoms with Gasteiger partial charge in [0.25, 0.3) is 11.6 Å². The molecule has 1 aliphatic heterocycles. The molecule has 1 unspecified atom stereocenters. The van der Waals surface area contributed by atoms with Gasteiger partial charge in [-0.3, -0.25) is 19.8 Å². The summed E-state index contributed by atoms with van der Waals surface area (Å²) in [5.41, 5.74) is -0.670. The Morgan fingerprint density at radius 3 is 2.96 bits per heavy atom. The van der Waals surface area contributed by atoms with E-state index in [2.05, 4.69) is 10.2 Å². The molecule has 0 radical (unpaired) electrons. The Hall–Kier alpha value is -2.06. The summed E-state index contributed by atoms with van der Waals surface area (Å²) in [5, 5.41) is 22.7. The summed E-state index contributed by atoms with van der Waals surface area (Å²) < 4.78 is 13.2. The minimum atomic E-state index is -0.698. The highest BCUT2D eigenvalue weighted by molar-refractivity contribution is 5.98. The first-order valence-corrected chi connectivity index (χ1v) is 8.10. The van der Waals surface area contributed by atoms with Crippen LogP contribution in [0.25, 0.3) is 0 Å². The summed E-state index contributed by atoms with van der Waals surface area (Å²) in [7, 11) is 0. The first kappa shape index (κ1) is 18.3. The molecule has 2 rings (SSSR count). The number of hydrogen-bond acceptors (Lipinski definition) is 5. The summed E-state index contributed by atoms with van der Waals surface area (Å²) in [6.07, 6.45) is 3.66. The number of aliphatic hydroxyl groups is 1. The Labute approximate surface area is 139 Å². The minimum Gasteiger partial charge on any atom is -0.395 e. The summed E-state index contributed by atoms with van der Waals surface area (Å²) >= 11 is 0. The van der Waals surface area contributed by atoms with Gasteiger partial charge in [0.05, 0.1) is 11.5 Å². The quantitative estimate of drug-likeness (QED) is 0.427. The van der Waals surface area contributed by atoms with Crippen molar-refractivity contribution in [3.8, 4) is 0 Å². The molecule has 24 heavy (non-hydrogen) atoms. The van der Waals surface area contributed by atoms with Crippen LogP contribution < -0.4 is 5.32 Å². The number of benzene rings is 1. The van der Waals surface area contributed by atoms with E-state index in [0.29, 0.717) is 13.0 Å². The lowest BCUT2D eigenvalue weighted by atomic mass is 10.1. The second-order valence-corrected chi connectivity index (χ2v) is 5.90. The largest absolute Gasteiger partial charge is 0.395 e. The Kier molecular flexibility index (Phi) is 6.62. The number of nitrogens with one attached hydrogen (secondary N) is 1. The lowest BCUT2D eigenvalue weighted by Crippen LogP contribution is -2.33. The van der Waals surface area contributed by atoms with E-state index >= 15 is 0 Å². The number of aliphatic hydroxyl groups excluding tert-OH is 1. The topological polar surface area (TPSA) is 95.7 Å². The van der Waals surface area contributed by atoms with Gasteiger partial charge in [0.15, 0.2) is 0 Å². The normalized spacial score (nSPS) is 17.8. The first-order valence-electron chi connectivity index (χ1n) is 8.10. The second kappa shape index (κ2) is 8.70. The number of carbonyl (C=O) groups excluding carboxylic acids is 1. The van der Waals surface area contributed by atoms with Gasteiger partial charge in [-0.2, -0.15) is 0 Å². The van der Waals surface area contributed by atoms with Crippen LogP contribution in [0.4, 0.5) is 10.1 Å². The van der Waals surface area contributed by atoms with E-state index in [9.17, 15) is 24.4 Å². The van der Waals surface area contributed by atoms with Crippen LogP contribution in [0.3, 0.4) is 0 Å². The molecule has 1 atom stereocenters. The molecule has 1 aromatic carbocycles. The molecule has 0 aromatic heterocycles. The molecule has 1 aromatic rings. The van der Waals surface area contributed by atoms with Gasteiger partial charge in [-0.05, 0) is 50.9 Å². The van der Waals surface area contributed by atoms with Gasteiger partial charge in [0.1, 0.15) is 11.4 Å². The molecule has 1 aliphatic rings. The van der Waals surface area contributed by atoms with Crippen LogP contribution in [0.2, 0.25) is 0 Å². The van der Waals surface area contributed by atoms with Gasteiger partial charge in [-0.25, -0.2) is 4.39 Å². The fourth-order valence-corrected chi connectivity index (χ4v) is 2.98. The zero-order valence-electron chi connectivity index (χ0n) is 13.4. The number of nitrogens with zero attached hydrogens (tertiary/aromatic N) is 2. The molecule has 7 nitrogen and oxygen atoms in total. The zero-order valence-corrected chi connectivity index (χ0v) is 13.4. The van der Waals surface area contributed by atoms with Crippen LogP contribution in [-0.2, 0) is 0 Å². The molecule has 2 N–H and O–H groups in total.